The summed E-state index contributed by atoms with van der Waals surface area (Å²) in [5.41, 5.74) is 6.84. The second kappa shape index (κ2) is 5.01. The van der Waals surface area contributed by atoms with Crippen molar-refractivity contribution in [1.29, 1.82) is 0 Å². The zero-order valence-corrected chi connectivity index (χ0v) is 13.2. The molecule has 4 aromatic rings. The van der Waals surface area contributed by atoms with Crippen molar-refractivity contribution in [2.45, 2.75) is 13.8 Å². The van der Waals surface area contributed by atoms with Crippen molar-refractivity contribution in [3.05, 3.63) is 48.2 Å². The highest BCUT2D eigenvalue weighted by Gasteiger charge is 2.16. The fraction of sp³-hybridized carbons (Fsp3) is 0.176. The van der Waals surface area contributed by atoms with Crippen LogP contribution in [-0.2, 0) is 7.05 Å². The summed E-state index contributed by atoms with van der Waals surface area (Å²) in [5, 5.41) is 12.7. The van der Waals surface area contributed by atoms with Crippen LogP contribution in [0.3, 0.4) is 0 Å². The van der Waals surface area contributed by atoms with Crippen molar-refractivity contribution in [2.75, 3.05) is 0 Å². The summed E-state index contributed by atoms with van der Waals surface area (Å²) in [6, 6.07) is 6.11. The number of rotatable bonds is 2. The van der Waals surface area contributed by atoms with Crippen LogP contribution >= 0.6 is 0 Å². The zero-order chi connectivity index (χ0) is 16.0. The van der Waals surface area contributed by atoms with Gasteiger partial charge in [0.15, 0.2) is 5.65 Å². The van der Waals surface area contributed by atoms with E-state index in [2.05, 4.69) is 31.3 Å². The molecule has 4 rings (SSSR count). The quantitative estimate of drug-likeness (QED) is 0.618. The first-order chi connectivity index (χ1) is 11.1. The van der Waals surface area contributed by atoms with Gasteiger partial charge < -0.3 is 0 Å². The van der Waals surface area contributed by atoms with Gasteiger partial charge >= 0.3 is 0 Å². The molecule has 23 heavy (non-hydrogen) atoms. The fourth-order valence-corrected chi connectivity index (χ4v) is 2.87. The van der Waals surface area contributed by atoms with E-state index in [0.29, 0.717) is 0 Å². The van der Waals surface area contributed by atoms with Crippen molar-refractivity contribution in [1.82, 2.24) is 29.9 Å². The molecule has 0 saturated heterocycles. The summed E-state index contributed by atoms with van der Waals surface area (Å²) >= 11 is 0. The first-order valence-corrected chi connectivity index (χ1v) is 7.39. The Balaban J connectivity index is 2.01. The fourth-order valence-electron chi connectivity index (χ4n) is 2.87. The van der Waals surface area contributed by atoms with Crippen LogP contribution in [0.4, 0.5) is 0 Å². The van der Waals surface area contributed by atoms with Gasteiger partial charge in [-0.05, 0) is 37.6 Å². The van der Waals surface area contributed by atoms with Gasteiger partial charge in [-0.2, -0.15) is 10.2 Å². The van der Waals surface area contributed by atoms with Crippen molar-refractivity contribution < 1.29 is 0 Å². The topological polar surface area (TPSA) is 72.3 Å². The monoisotopic (exact) mass is 304 g/mol. The van der Waals surface area contributed by atoms with E-state index in [1.807, 2.05) is 56.3 Å². The average Bonchev–Trinajstić information content (AvgIpc) is 3.12. The zero-order valence-electron chi connectivity index (χ0n) is 13.2. The highest BCUT2D eigenvalue weighted by Crippen LogP contribution is 2.34. The average molecular weight is 304 g/mol. The molecule has 0 atom stereocenters. The molecule has 0 bridgehead atoms. The van der Waals surface area contributed by atoms with Crippen molar-refractivity contribution in [3.8, 4) is 22.4 Å². The second-order valence-electron chi connectivity index (χ2n) is 5.69. The Morgan fingerprint density at radius 2 is 1.96 bits per heavy atom. The Morgan fingerprint density at radius 1 is 1.09 bits per heavy atom. The molecule has 0 amide bonds. The Labute approximate surface area is 133 Å². The van der Waals surface area contributed by atoms with Gasteiger partial charge in [-0.15, -0.1) is 0 Å². The van der Waals surface area contributed by atoms with E-state index in [9.17, 15) is 0 Å². The Hall–Kier alpha value is -3.02. The lowest BCUT2D eigenvalue weighted by Gasteiger charge is -2.06. The lowest BCUT2D eigenvalue weighted by atomic mass is 10.00. The highest BCUT2D eigenvalue weighted by molar-refractivity contribution is 5.96. The first-order valence-electron chi connectivity index (χ1n) is 7.39. The third-order valence-corrected chi connectivity index (χ3v) is 3.84. The molecule has 114 valence electrons. The lowest BCUT2D eigenvalue weighted by Crippen LogP contribution is -1.90. The van der Waals surface area contributed by atoms with Crippen LogP contribution in [0.2, 0.25) is 0 Å². The number of aromatic nitrogens is 6. The van der Waals surface area contributed by atoms with Gasteiger partial charge in [0, 0.05) is 47.3 Å². The molecule has 0 aliphatic carbocycles. The SMILES string of the molecule is Cc1cc(-c2nn(C)cc2-c2cc(C)nc3[nH]ncc23)ccn1. The van der Waals surface area contributed by atoms with E-state index >= 15 is 0 Å². The largest absolute Gasteiger partial charge is 0.275 e. The van der Waals surface area contributed by atoms with Crippen molar-refractivity contribution in [3.63, 3.8) is 0 Å². The molecule has 6 heteroatoms. The van der Waals surface area contributed by atoms with Crippen LogP contribution in [0.1, 0.15) is 11.4 Å². The molecule has 0 aromatic carbocycles. The van der Waals surface area contributed by atoms with Gasteiger partial charge in [-0.25, -0.2) is 4.98 Å². The number of aryl methyl sites for hydroxylation is 3. The maximum Gasteiger partial charge on any atom is 0.155 e. The standard InChI is InChI=1S/C17H16N6/c1-10-6-12(4-5-18-10)16-15(9-23(3)22-16)13-7-11(2)20-17-14(13)8-19-21-17/h4-9H,1-3H3,(H,19,20,21). The molecular weight excluding hydrogens is 288 g/mol. The van der Waals surface area contributed by atoms with Gasteiger partial charge in [0.1, 0.15) is 5.69 Å². The molecule has 0 fully saturated rings. The van der Waals surface area contributed by atoms with Crippen LogP contribution in [0.5, 0.6) is 0 Å². The predicted octanol–water partition coefficient (Wildman–Crippen LogP) is 3.04. The molecule has 6 nitrogen and oxygen atoms in total. The number of hydrogen-bond donors (Lipinski definition) is 1. The van der Waals surface area contributed by atoms with E-state index in [0.717, 1.165) is 44.8 Å². The van der Waals surface area contributed by atoms with Gasteiger partial charge in [0.25, 0.3) is 0 Å². The molecule has 0 radical (unpaired) electrons. The first kappa shape index (κ1) is 13.6. The summed E-state index contributed by atoms with van der Waals surface area (Å²) in [6.45, 7) is 3.97. The molecule has 0 aliphatic rings. The number of nitrogens with one attached hydrogen (secondary N) is 1. The van der Waals surface area contributed by atoms with E-state index in [4.69, 9.17) is 0 Å². The smallest absolute Gasteiger partial charge is 0.155 e. The number of fused-ring (bicyclic) bond motifs is 1. The molecule has 0 saturated carbocycles. The normalized spacial score (nSPS) is 11.3. The third-order valence-electron chi connectivity index (χ3n) is 3.84. The Bertz CT molecular complexity index is 1010. The van der Waals surface area contributed by atoms with E-state index in [1.54, 1.807) is 0 Å². The maximum atomic E-state index is 4.66. The molecule has 0 unspecified atom stereocenters. The number of aromatic amines is 1. The van der Waals surface area contributed by atoms with Gasteiger partial charge in [0.2, 0.25) is 0 Å². The van der Waals surface area contributed by atoms with Crippen molar-refractivity contribution in [2.24, 2.45) is 7.05 Å². The van der Waals surface area contributed by atoms with Crippen LogP contribution in [-0.4, -0.2) is 29.9 Å². The van der Waals surface area contributed by atoms with Crippen LogP contribution < -0.4 is 0 Å². The molecule has 4 aromatic heterocycles. The van der Waals surface area contributed by atoms with E-state index < -0.39 is 0 Å². The second-order valence-corrected chi connectivity index (χ2v) is 5.69. The maximum absolute atomic E-state index is 4.66. The minimum Gasteiger partial charge on any atom is -0.275 e. The summed E-state index contributed by atoms with van der Waals surface area (Å²) in [6.07, 6.45) is 5.66. The number of hydrogen-bond acceptors (Lipinski definition) is 4. The predicted molar refractivity (Wildman–Crippen MR) is 88.8 cm³/mol. The number of nitrogens with zero attached hydrogens (tertiary/aromatic N) is 5. The van der Waals surface area contributed by atoms with Crippen LogP contribution in [0.15, 0.2) is 36.8 Å². The Kier molecular flexibility index (Phi) is 2.97. The Morgan fingerprint density at radius 3 is 2.78 bits per heavy atom. The molecule has 4 heterocycles. The summed E-state index contributed by atoms with van der Waals surface area (Å²) < 4.78 is 1.84. The van der Waals surface area contributed by atoms with E-state index in [1.165, 1.54) is 0 Å². The molecule has 0 aliphatic heterocycles. The third kappa shape index (κ3) is 2.28. The molecule has 1 N–H and O–H groups in total. The molecular formula is C17H16N6. The minimum atomic E-state index is 0.792. The van der Waals surface area contributed by atoms with Crippen LogP contribution in [0, 0.1) is 13.8 Å². The van der Waals surface area contributed by atoms with Gasteiger partial charge in [0.05, 0.1) is 6.20 Å². The van der Waals surface area contributed by atoms with Gasteiger partial charge in [-0.3, -0.25) is 14.8 Å². The van der Waals surface area contributed by atoms with Crippen LogP contribution in [0.25, 0.3) is 33.4 Å². The number of H-pyrrole nitrogens is 1. The van der Waals surface area contributed by atoms with E-state index in [-0.39, 0.29) is 0 Å². The lowest BCUT2D eigenvalue weighted by molar-refractivity contribution is 0.771. The molecule has 0 spiro atoms. The minimum absolute atomic E-state index is 0.792. The summed E-state index contributed by atoms with van der Waals surface area (Å²) in [4.78, 5) is 8.76. The summed E-state index contributed by atoms with van der Waals surface area (Å²) in [7, 11) is 1.93. The van der Waals surface area contributed by atoms with Crippen molar-refractivity contribution >= 4 is 11.0 Å². The number of pyridine rings is 2. The summed E-state index contributed by atoms with van der Waals surface area (Å²) in [5.74, 6) is 0. The van der Waals surface area contributed by atoms with Gasteiger partial charge in [-0.1, -0.05) is 0 Å². The highest BCUT2D eigenvalue weighted by atomic mass is 15.3.